The standard InChI is InChI=1S/C15H19N3O2/c1-10-7-8-17-14(13(10)9-16)18-12-5-3-11(4-6-12)15(19)20-2/h7-8,11-12H,3-6H2,1-2H3,(H,17,18). The Balaban J connectivity index is 1.98. The summed E-state index contributed by atoms with van der Waals surface area (Å²) in [7, 11) is 1.43. The Labute approximate surface area is 119 Å². The van der Waals surface area contributed by atoms with Gasteiger partial charge in [-0.05, 0) is 44.2 Å². The van der Waals surface area contributed by atoms with E-state index in [1.54, 1.807) is 6.20 Å². The molecular formula is C15H19N3O2. The number of esters is 1. The van der Waals surface area contributed by atoms with Crippen molar-refractivity contribution in [2.24, 2.45) is 5.92 Å². The van der Waals surface area contributed by atoms with E-state index in [9.17, 15) is 10.1 Å². The van der Waals surface area contributed by atoms with E-state index in [1.165, 1.54) is 7.11 Å². The van der Waals surface area contributed by atoms with Gasteiger partial charge in [0.2, 0.25) is 0 Å². The second-order valence-corrected chi connectivity index (χ2v) is 5.18. The third-order valence-electron chi connectivity index (χ3n) is 3.87. The molecule has 0 spiro atoms. The van der Waals surface area contributed by atoms with Crippen molar-refractivity contribution in [1.29, 1.82) is 5.26 Å². The number of nitrogens with one attached hydrogen (secondary N) is 1. The molecule has 0 aliphatic heterocycles. The monoisotopic (exact) mass is 273 g/mol. The summed E-state index contributed by atoms with van der Waals surface area (Å²) in [6, 6.07) is 4.28. The molecule has 0 aromatic carbocycles. The highest BCUT2D eigenvalue weighted by Crippen LogP contribution is 2.28. The molecule has 1 fully saturated rings. The zero-order chi connectivity index (χ0) is 14.5. The van der Waals surface area contributed by atoms with E-state index < -0.39 is 0 Å². The topological polar surface area (TPSA) is 75.0 Å². The summed E-state index contributed by atoms with van der Waals surface area (Å²) < 4.78 is 4.78. The first-order valence-electron chi connectivity index (χ1n) is 6.85. The summed E-state index contributed by atoms with van der Waals surface area (Å²) in [5.41, 5.74) is 1.52. The molecule has 0 bridgehead atoms. The van der Waals surface area contributed by atoms with Gasteiger partial charge >= 0.3 is 5.97 Å². The zero-order valence-electron chi connectivity index (χ0n) is 11.8. The summed E-state index contributed by atoms with van der Waals surface area (Å²) in [6.07, 6.45) is 5.12. The predicted octanol–water partition coefficient (Wildman–Crippen LogP) is 2.41. The number of anilines is 1. The molecule has 1 N–H and O–H groups in total. The zero-order valence-corrected chi connectivity index (χ0v) is 11.8. The van der Waals surface area contributed by atoms with Gasteiger partial charge in [-0.15, -0.1) is 0 Å². The third-order valence-corrected chi connectivity index (χ3v) is 3.87. The predicted molar refractivity (Wildman–Crippen MR) is 75.1 cm³/mol. The molecule has 1 aromatic rings. The Morgan fingerprint density at radius 1 is 1.45 bits per heavy atom. The molecule has 5 heteroatoms. The van der Waals surface area contributed by atoms with Gasteiger partial charge in [0, 0.05) is 12.2 Å². The quantitative estimate of drug-likeness (QED) is 0.856. The summed E-state index contributed by atoms with van der Waals surface area (Å²) in [4.78, 5) is 15.7. The number of methoxy groups -OCH3 is 1. The number of rotatable bonds is 3. The van der Waals surface area contributed by atoms with Crippen LogP contribution >= 0.6 is 0 Å². The van der Waals surface area contributed by atoms with Crippen molar-refractivity contribution >= 4 is 11.8 Å². The first-order chi connectivity index (χ1) is 9.65. The highest BCUT2D eigenvalue weighted by molar-refractivity contribution is 5.72. The highest BCUT2D eigenvalue weighted by atomic mass is 16.5. The van der Waals surface area contributed by atoms with Crippen LogP contribution in [0.25, 0.3) is 0 Å². The van der Waals surface area contributed by atoms with Crippen LogP contribution in [0.3, 0.4) is 0 Å². The van der Waals surface area contributed by atoms with E-state index in [0.717, 1.165) is 31.2 Å². The van der Waals surface area contributed by atoms with Crippen LogP contribution < -0.4 is 5.32 Å². The smallest absolute Gasteiger partial charge is 0.308 e. The maximum absolute atomic E-state index is 11.5. The van der Waals surface area contributed by atoms with E-state index in [2.05, 4.69) is 16.4 Å². The van der Waals surface area contributed by atoms with Gasteiger partial charge in [0.25, 0.3) is 0 Å². The van der Waals surface area contributed by atoms with E-state index >= 15 is 0 Å². The van der Waals surface area contributed by atoms with Crippen LogP contribution in [0.4, 0.5) is 5.82 Å². The Hall–Kier alpha value is -2.09. The van der Waals surface area contributed by atoms with Crippen LogP contribution in [0.15, 0.2) is 12.3 Å². The average molecular weight is 273 g/mol. The number of nitrogens with zero attached hydrogens (tertiary/aromatic N) is 2. The maximum atomic E-state index is 11.5. The minimum atomic E-state index is -0.116. The molecule has 1 aliphatic rings. The lowest BCUT2D eigenvalue weighted by molar-refractivity contribution is -0.146. The van der Waals surface area contributed by atoms with Crippen molar-refractivity contribution < 1.29 is 9.53 Å². The summed E-state index contributed by atoms with van der Waals surface area (Å²) in [5, 5.41) is 12.5. The third kappa shape index (κ3) is 3.08. The lowest BCUT2D eigenvalue weighted by atomic mass is 9.86. The number of nitriles is 1. The maximum Gasteiger partial charge on any atom is 0.308 e. The van der Waals surface area contributed by atoms with Crippen LogP contribution in [0.5, 0.6) is 0 Å². The van der Waals surface area contributed by atoms with Gasteiger partial charge < -0.3 is 10.1 Å². The second-order valence-electron chi connectivity index (χ2n) is 5.18. The SMILES string of the molecule is COC(=O)C1CCC(Nc2nccc(C)c2C#N)CC1. The van der Waals surface area contributed by atoms with Crippen LogP contribution in [0.1, 0.15) is 36.8 Å². The molecule has 1 heterocycles. The average Bonchev–Trinajstić information content (AvgIpc) is 2.47. The van der Waals surface area contributed by atoms with Gasteiger partial charge in [-0.3, -0.25) is 4.79 Å². The van der Waals surface area contributed by atoms with Gasteiger partial charge in [0.15, 0.2) is 0 Å². The van der Waals surface area contributed by atoms with Crippen molar-refractivity contribution in [3.05, 3.63) is 23.4 Å². The molecule has 0 radical (unpaired) electrons. The largest absolute Gasteiger partial charge is 0.469 e. The molecule has 5 nitrogen and oxygen atoms in total. The Morgan fingerprint density at radius 3 is 2.75 bits per heavy atom. The summed E-state index contributed by atoms with van der Waals surface area (Å²) in [6.45, 7) is 1.90. The van der Waals surface area contributed by atoms with Crippen molar-refractivity contribution in [3.63, 3.8) is 0 Å². The molecule has 20 heavy (non-hydrogen) atoms. The summed E-state index contributed by atoms with van der Waals surface area (Å²) >= 11 is 0. The number of carbonyl (C=O) groups excluding carboxylic acids is 1. The Bertz CT molecular complexity index is 528. The number of carbonyl (C=O) groups is 1. The van der Waals surface area contributed by atoms with E-state index in [-0.39, 0.29) is 17.9 Å². The lowest BCUT2D eigenvalue weighted by Crippen LogP contribution is -2.30. The molecule has 0 unspecified atom stereocenters. The summed E-state index contributed by atoms with van der Waals surface area (Å²) in [5.74, 6) is 0.544. The number of hydrogen-bond donors (Lipinski definition) is 1. The van der Waals surface area contributed by atoms with Gasteiger partial charge in [-0.25, -0.2) is 4.98 Å². The van der Waals surface area contributed by atoms with E-state index in [0.29, 0.717) is 11.4 Å². The first kappa shape index (κ1) is 14.3. The van der Waals surface area contributed by atoms with Crippen LogP contribution in [0.2, 0.25) is 0 Å². The number of aryl methyl sites for hydroxylation is 1. The highest BCUT2D eigenvalue weighted by Gasteiger charge is 2.27. The van der Waals surface area contributed by atoms with Crippen molar-refractivity contribution in [3.8, 4) is 6.07 Å². The fourth-order valence-electron chi connectivity index (χ4n) is 2.64. The van der Waals surface area contributed by atoms with Crippen molar-refractivity contribution in [1.82, 2.24) is 4.98 Å². The van der Waals surface area contributed by atoms with Crippen LogP contribution in [-0.4, -0.2) is 24.1 Å². The molecule has 106 valence electrons. The molecule has 1 aliphatic carbocycles. The minimum Gasteiger partial charge on any atom is -0.469 e. The molecule has 0 amide bonds. The molecule has 2 rings (SSSR count). The minimum absolute atomic E-state index is 0.0129. The van der Waals surface area contributed by atoms with E-state index in [1.807, 2.05) is 13.0 Å². The number of pyridine rings is 1. The second kappa shape index (κ2) is 6.38. The van der Waals surface area contributed by atoms with Gasteiger partial charge in [-0.1, -0.05) is 0 Å². The molecule has 1 saturated carbocycles. The Kier molecular flexibility index (Phi) is 4.57. The van der Waals surface area contributed by atoms with Crippen molar-refractivity contribution in [2.45, 2.75) is 38.6 Å². The van der Waals surface area contributed by atoms with Gasteiger partial charge in [0.1, 0.15) is 11.9 Å². The molecule has 0 saturated heterocycles. The van der Waals surface area contributed by atoms with E-state index in [4.69, 9.17) is 4.74 Å². The molecular weight excluding hydrogens is 254 g/mol. The normalized spacial score (nSPS) is 21.9. The van der Waals surface area contributed by atoms with Gasteiger partial charge in [-0.2, -0.15) is 5.26 Å². The number of ether oxygens (including phenoxy) is 1. The molecule has 1 aromatic heterocycles. The lowest BCUT2D eigenvalue weighted by Gasteiger charge is -2.28. The Morgan fingerprint density at radius 2 is 2.15 bits per heavy atom. The van der Waals surface area contributed by atoms with Crippen LogP contribution in [0, 0.1) is 24.2 Å². The van der Waals surface area contributed by atoms with Gasteiger partial charge in [0.05, 0.1) is 18.6 Å². The number of hydrogen-bond acceptors (Lipinski definition) is 5. The fraction of sp³-hybridized carbons (Fsp3) is 0.533. The fourth-order valence-corrected chi connectivity index (χ4v) is 2.64. The van der Waals surface area contributed by atoms with Crippen molar-refractivity contribution in [2.75, 3.05) is 12.4 Å². The number of aromatic nitrogens is 1. The van der Waals surface area contributed by atoms with Crippen LogP contribution in [-0.2, 0) is 9.53 Å². The molecule has 0 atom stereocenters. The first-order valence-corrected chi connectivity index (χ1v) is 6.85.